The molecule has 1 aliphatic heterocycles. The van der Waals surface area contributed by atoms with E-state index in [9.17, 15) is 4.79 Å². The standard InChI is InChI=1S/C12H17NO2S/c1-2-15-12(14)8-13-6-3-4-11(13)10-5-7-16-9-10/h5,7,9,11H,2-4,6,8H2,1H3. The first-order valence-electron chi connectivity index (χ1n) is 5.73. The highest BCUT2D eigenvalue weighted by atomic mass is 32.1. The Morgan fingerprint density at radius 3 is 3.25 bits per heavy atom. The number of hydrogen-bond donors (Lipinski definition) is 0. The number of esters is 1. The highest BCUT2D eigenvalue weighted by molar-refractivity contribution is 7.07. The van der Waals surface area contributed by atoms with E-state index in [-0.39, 0.29) is 5.97 Å². The molecule has 16 heavy (non-hydrogen) atoms. The fourth-order valence-electron chi connectivity index (χ4n) is 2.23. The second-order valence-corrected chi connectivity index (χ2v) is 4.77. The summed E-state index contributed by atoms with van der Waals surface area (Å²) in [5, 5.41) is 4.27. The van der Waals surface area contributed by atoms with E-state index in [1.807, 2.05) is 6.92 Å². The highest BCUT2D eigenvalue weighted by Crippen LogP contribution is 2.32. The van der Waals surface area contributed by atoms with Gasteiger partial charge in [0, 0.05) is 6.04 Å². The van der Waals surface area contributed by atoms with E-state index in [2.05, 4.69) is 21.7 Å². The number of thiophene rings is 1. The largest absolute Gasteiger partial charge is 0.465 e. The number of hydrogen-bond acceptors (Lipinski definition) is 4. The van der Waals surface area contributed by atoms with Gasteiger partial charge in [0.15, 0.2) is 0 Å². The summed E-state index contributed by atoms with van der Waals surface area (Å²) in [5.41, 5.74) is 1.34. The van der Waals surface area contributed by atoms with Crippen molar-refractivity contribution in [3.63, 3.8) is 0 Å². The summed E-state index contributed by atoms with van der Waals surface area (Å²) in [6, 6.07) is 2.56. The van der Waals surface area contributed by atoms with Crippen LogP contribution in [0.1, 0.15) is 31.4 Å². The monoisotopic (exact) mass is 239 g/mol. The maximum absolute atomic E-state index is 11.5. The number of rotatable bonds is 4. The summed E-state index contributed by atoms with van der Waals surface area (Å²) in [6.45, 7) is 3.74. The Morgan fingerprint density at radius 1 is 1.69 bits per heavy atom. The summed E-state index contributed by atoms with van der Waals surface area (Å²) in [6.07, 6.45) is 2.32. The molecule has 1 saturated heterocycles. The lowest BCUT2D eigenvalue weighted by molar-refractivity contribution is -0.144. The minimum Gasteiger partial charge on any atom is -0.465 e. The van der Waals surface area contributed by atoms with Crippen LogP contribution in [0.2, 0.25) is 0 Å². The maximum atomic E-state index is 11.5. The summed E-state index contributed by atoms with van der Waals surface area (Å²) >= 11 is 1.71. The minimum atomic E-state index is -0.107. The second kappa shape index (κ2) is 5.46. The third kappa shape index (κ3) is 2.62. The van der Waals surface area contributed by atoms with Crippen LogP contribution in [-0.2, 0) is 9.53 Å². The Bertz CT molecular complexity index is 337. The molecular formula is C12H17NO2S. The number of carbonyl (C=O) groups excluding carboxylic acids is 1. The molecule has 0 aliphatic carbocycles. The SMILES string of the molecule is CCOC(=O)CN1CCCC1c1ccsc1. The molecule has 3 nitrogen and oxygen atoms in total. The van der Waals surface area contributed by atoms with E-state index in [0.717, 1.165) is 13.0 Å². The average molecular weight is 239 g/mol. The first-order chi connectivity index (χ1) is 7.81. The third-order valence-corrected chi connectivity index (χ3v) is 3.63. The summed E-state index contributed by atoms with van der Waals surface area (Å²) in [7, 11) is 0. The molecule has 1 aromatic heterocycles. The molecule has 1 aliphatic rings. The zero-order valence-electron chi connectivity index (χ0n) is 9.52. The molecule has 2 rings (SSSR count). The Hall–Kier alpha value is -0.870. The second-order valence-electron chi connectivity index (χ2n) is 3.99. The van der Waals surface area contributed by atoms with E-state index in [4.69, 9.17) is 4.74 Å². The van der Waals surface area contributed by atoms with Crippen molar-refractivity contribution in [2.24, 2.45) is 0 Å². The molecule has 0 aromatic carbocycles. The van der Waals surface area contributed by atoms with E-state index < -0.39 is 0 Å². The van der Waals surface area contributed by atoms with Crippen molar-refractivity contribution in [2.75, 3.05) is 19.7 Å². The molecule has 4 heteroatoms. The maximum Gasteiger partial charge on any atom is 0.320 e. The normalized spacial score (nSPS) is 21.2. The summed E-state index contributed by atoms with van der Waals surface area (Å²) < 4.78 is 4.99. The summed E-state index contributed by atoms with van der Waals surface area (Å²) in [4.78, 5) is 13.7. The number of likely N-dealkylation sites (tertiary alicyclic amines) is 1. The third-order valence-electron chi connectivity index (χ3n) is 2.93. The quantitative estimate of drug-likeness (QED) is 0.756. The van der Waals surface area contributed by atoms with Crippen LogP contribution >= 0.6 is 11.3 Å². The van der Waals surface area contributed by atoms with Gasteiger partial charge < -0.3 is 4.74 Å². The van der Waals surface area contributed by atoms with Crippen molar-refractivity contribution in [1.29, 1.82) is 0 Å². The van der Waals surface area contributed by atoms with Crippen molar-refractivity contribution in [3.8, 4) is 0 Å². The lowest BCUT2D eigenvalue weighted by atomic mass is 10.1. The Kier molecular flexibility index (Phi) is 3.96. The zero-order valence-corrected chi connectivity index (χ0v) is 10.3. The van der Waals surface area contributed by atoms with Crippen LogP contribution in [0.25, 0.3) is 0 Å². The molecule has 0 amide bonds. The van der Waals surface area contributed by atoms with Gasteiger partial charge in [-0.2, -0.15) is 11.3 Å². The predicted octanol–water partition coefficient (Wildman–Crippen LogP) is 2.45. The summed E-state index contributed by atoms with van der Waals surface area (Å²) in [5.74, 6) is -0.107. The van der Waals surface area contributed by atoms with Gasteiger partial charge in [-0.05, 0) is 48.7 Å². The Morgan fingerprint density at radius 2 is 2.56 bits per heavy atom. The van der Waals surface area contributed by atoms with Crippen LogP contribution in [-0.4, -0.2) is 30.6 Å². The fourth-order valence-corrected chi connectivity index (χ4v) is 2.94. The molecule has 88 valence electrons. The van der Waals surface area contributed by atoms with Gasteiger partial charge in [-0.1, -0.05) is 0 Å². The molecule has 0 bridgehead atoms. The minimum absolute atomic E-state index is 0.107. The van der Waals surface area contributed by atoms with Gasteiger partial charge in [0.2, 0.25) is 0 Å². The molecule has 0 spiro atoms. The Balaban J connectivity index is 1.96. The molecule has 1 fully saturated rings. The highest BCUT2D eigenvalue weighted by Gasteiger charge is 2.27. The lowest BCUT2D eigenvalue weighted by Crippen LogP contribution is -2.30. The van der Waals surface area contributed by atoms with Crippen LogP contribution in [0.15, 0.2) is 16.8 Å². The van der Waals surface area contributed by atoms with E-state index >= 15 is 0 Å². The average Bonchev–Trinajstić information content (AvgIpc) is 2.86. The zero-order chi connectivity index (χ0) is 11.4. The van der Waals surface area contributed by atoms with Gasteiger partial charge >= 0.3 is 5.97 Å². The predicted molar refractivity (Wildman–Crippen MR) is 64.5 cm³/mol. The molecular weight excluding hydrogens is 222 g/mol. The van der Waals surface area contributed by atoms with E-state index in [1.165, 1.54) is 12.0 Å². The lowest BCUT2D eigenvalue weighted by Gasteiger charge is -2.22. The van der Waals surface area contributed by atoms with Gasteiger partial charge in [-0.25, -0.2) is 0 Å². The molecule has 0 radical (unpaired) electrons. The number of carbonyl (C=O) groups is 1. The van der Waals surface area contributed by atoms with Crippen LogP contribution in [0, 0.1) is 0 Å². The van der Waals surface area contributed by atoms with Crippen molar-refractivity contribution in [2.45, 2.75) is 25.8 Å². The van der Waals surface area contributed by atoms with E-state index in [1.54, 1.807) is 11.3 Å². The molecule has 0 N–H and O–H groups in total. The van der Waals surface area contributed by atoms with Crippen LogP contribution < -0.4 is 0 Å². The van der Waals surface area contributed by atoms with Gasteiger partial charge in [0.25, 0.3) is 0 Å². The van der Waals surface area contributed by atoms with Crippen LogP contribution in [0.5, 0.6) is 0 Å². The van der Waals surface area contributed by atoms with Crippen molar-refractivity contribution in [3.05, 3.63) is 22.4 Å². The van der Waals surface area contributed by atoms with Gasteiger partial charge in [-0.15, -0.1) is 0 Å². The first kappa shape index (κ1) is 11.6. The van der Waals surface area contributed by atoms with Crippen molar-refractivity contribution >= 4 is 17.3 Å². The van der Waals surface area contributed by atoms with Crippen molar-refractivity contribution in [1.82, 2.24) is 4.90 Å². The van der Waals surface area contributed by atoms with E-state index in [0.29, 0.717) is 19.2 Å². The van der Waals surface area contributed by atoms with Crippen molar-refractivity contribution < 1.29 is 9.53 Å². The molecule has 1 aromatic rings. The van der Waals surface area contributed by atoms with Gasteiger partial charge in [0.1, 0.15) is 0 Å². The number of nitrogens with zero attached hydrogens (tertiary/aromatic N) is 1. The topological polar surface area (TPSA) is 29.5 Å². The van der Waals surface area contributed by atoms with Crippen LogP contribution in [0.3, 0.4) is 0 Å². The molecule has 1 atom stereocenters. The Labute approximate surface area is 100 Å². The smallest absolute Gasteiger partial charge is 0.320 e. The van der Waals surface area contributed by atoms with Gasteiger partial charge in [0.05, 0.1) is 13.2 Å². The number of ether oxygens (including phenoxy) is 1. The fraction of sp³-hybridized carbons (Fsp3) is 0.583. The first-order valence-corrected chi connectivity index (χ1v) is 6.67. The van der Waals surface area contributed by atoms with Gasteiger partial charge in [-0.3, -0.25) is 9.69 Å². The molecule has 0 saturated carbocycles. The molecule has 1 unspecified atom stereocenters. The van der Waals surface area contributed by atoms with Crippen LogP contribution in [0.4, 0.5) is 0 Å². The molecule has 2 heterocycles.